The molecule has 2 amide bonds. The van der Waals surface area contributed by atoms with E-state index in [2.05, 4.69) is 9.97 Å². The fraction of sp³-hybridized carbons (Fsp3) is 0.423. The SMILES string of the molecule is CC1C(O)C2(CC2)C(=O)N1c1ccc2c(=O)c(C(=O)N[C@@H](C3CC3)C(F)(F)F)cn(-c3ncc(F)cc3F)c2n1. The summed E-state index contributed by atoms with van der Waals surface area (Å²) in [7, 11) is 0. The highest BCUT2D eigenvalue weighted by molar-refractivity contribution is 6.03. The second-order valence-corrected chi connectivity index (χ2v) is 10.6. The maximum atomic E-state index is 14.9. The van der Waals surface area contributed by atoms with Crippen LogP contribution < -0.4 is 15.6 Å². The number of aliphatic hydroxyl groups is 1. The molecule has 3 fully saturated rings. The highest BCUT2D eigenvalue weighted by Gasteiger charge is 2.65. The van der Waals surface area contributed by atoms with E-state index in [1.807, 2.05) is 5.32 Å². The molecule has 0 bridgehead atoms. The minimum absolute atomic E-state index is 0.0200. The largest absolute Gasteiger partial charge is 0.408 e. The third-order valence-electron chi connectivity index (χ3n) is 7.94. The number of rotatable bonds is 5. The molecule has 40 heavy (non-hydrogen) atoms. The molecule has 1 spiro atoms. The Balaban J connectivity index is 1.51. The Morgan fingerprint density at radius 2 is 1.90 bits per heavy atom. The third-order valence-corrected chi connectivity index (χ3v) is 7.94. The number of hydrogen-bond donors (Lipinski definition) is 2. The molecule has 14 heteroatoms. The highest BCUT2D eigenvalue weighted by Crippen LogP contribution is 2.56. The van der Waals surface area contributed by atoms with Crippen LogP contribution in [0.2, 0.25) is 0 Å². The van der Waals surface area contributed by atoms with Crippen LogP contribution in [0.4, 0.5) is 27.8 Å². The number of nitrogens with one attached hydrogen (secondary N) is 1. The average molecular weight is 563 g/mol. The van der Waals surface area contributed by atoms with Gasteiger partial charge < -0.3 is 10.4 Å². The maximum Gasteiger partial charge on any atom is 0.408 e. The Labute approximate surface area is 222 Å². The molecule has 0 radical (unpaired) electrons. The van der Waals surface area contributed by atoms with Crippen molar-refractivity contribution < 1.29 is 36.6 Å². The normalized spacial score (nSPS) is 22.7. The summed E-state index contributed by atoms with van der Waals surface area (Å²) >= 11 is 0. The lowest BCUT2D eigenvalue weighted by atomic mass is 9.99. The van der Waals surface area contributed by atoms with E-state index < -0.39 is 70.0 Å². The first-order valence-corrected chi connectivity index (χ1v) is 12.6. The fourth-order valence-electron chi connectivity index (χ4n) is 5.46. The molecule has 0 aromatic carbocycles. The number of pyridine rings is 3. The Hall–Kier alpha value is -3.94. The van der Waals surface area contributed by atoms with Gasteiger partial charge in [0.05, 0.1) is 29.1 Å². The van der Waals surface area contributed by atoms with Crippen molar-refractivity contribution in [3.63, 3.8) is 0 Å². The van der Waals surface area contributed by atoms with Crippen molar-refractivity contribution in [3.05, 3.63) is 58.0 Å². The summed E-state index contributed by atoms with van der Waals surface area (Å²) in [5, 5.41) is 12.2. The first kappa shape index (κ1) is 26.3. The van der Waals surface area contributed by atoms with E-state index in [-0.39, 0.29) is 35.6 Å². The molecule has 3 aromatic heterocycles. The van der Waals surface area contributed by atoms with Gasteiger partial charge in [-0.1, -0.05) is 0 Å². The summed E-state index contributed by atoms with van der Waals surface area (Å²) in [5.41, 5.74) is -2.92. The molecule has 210 valence electrons. The number of nitrogens with zero attached hydrogens (tertiary/aromatic N) is 4. The van der Waals surface area contributed by atoms with Gasteiger partial charge in [-0.05, 0) is 50.7 Å². The van der Waals surface area contributed by atoms with Crippen LogP contribution in [0.25, 0.3) is 16.9 Å². The number of aromatic nitrogens is 3. The van der Waals surface area contributed by atoms with E-state index in [1.54, 1.807) is 6.92 Å². The molecule has 3 aliphatic rings. The van der Waals surface area contributed by atoms with Gasteiger partial charge in [0.15, 0.2) is 17.3 Å². The van der Waals surface area contributed by atoms with Gasteiger partial charge in [0, 0.05) is 12.3 Å². The van der Waals surface area contributed by atoms with Crippen LogP contribution >= 0.6 is 0 Å². The smallest absolute Gasteiger partial charge is 0.390 e. The van der Waals surface area contributed by atoms with E-state index >= 15 is 0 Å². The Bertz CT molecular complexity index is 1630. The summed E-state index contributed by atoms with van der Waals surface area (Å²) in [6, 6.07) is 0.166. The Morgan fingerprint density at radius 3 is 2.48 bits per heavy atom. The fourth-order valence-corrected chi connectivity index (χ4v) is 5.46. The third kappa shape index (κ3) is 4.03. The number of anilines is 1. The number of hydrogen-bond acceptors (Lipinski definition) is 6. The number of carbonyl (C=O) groups is 2. The van der Waals surface area contributed by atoms with Crippen LogP contribution in [0.15, 0.2) is 35.4 Å². The molecule has 4 heterocycles. The molecular formula is C26H22F5N5O4. The van der Waals surface area contributed by atoms with Crippen molar-refractivity contribution in [2.24, 2.45) is 11.3 Å². The lowest BCUT2D eigenvalue weighted by Crippen LogP contribution is -2.48. The van der Waals surface area contributed by atoms with Crippen molar-refractivity contribution in [1.29, 1.82) is 0 Å². The number of fused-ring (bicyclic) bond motifs is 1. The molecule has 2 N–H and O–H groups in total. The van der Waals surface area contributed by atoms with Crippen molar-refractivity contribution in [2.45, 2.75) is 57.0 Å². The first-order valence-electron chi connectivity index (χ1n) is 12.6. The lowest BCUT2D eigenvalue weighted by molar-refractivity contribution is -0.158. The van der Waals surface area contributed by atoms with Crippen LogP contribution in [0.1, 0.15) is 43.0 Å². The van der Waals surface area contributed by atoms with E-state index in [0.717, 1.165) is 10.8 Å². The van der Waals surface area contributed by atoms with Crippen molar-refractivity contribution in [1.82, 2.24) is 19.9 Å². The summed E-state index contributed by atoms with van der Waals surface area (Å²) in [4.78, 5) is 48.8. The van der Waals surface area contributed by atoms with Crippen LogP contribution in [-0.2, 0) is 4.79 Å². The predicted octanol–water partition coefficient (Wildman–Crippen LogP) is 3.01. The van der Waals surface area contributed by atoms with Crippen molar-refractivity contribution >= 4 is 28.7 Å². The number of aliphatic hydroxyl groups excluding tert-OH is 1. The van der Waals surface area contributed by atoms with Gasteiger partial charge in [0.25, 0.3) is 5.91 Å². The zero-order valence-corrected chi connectivity index (χ0v) is 20.9. The first-order chi connectivity index (χ1) is 18.8. The second-order valence-electron chi connectivity index (χ2n) is 10.6. The molecular weight excluding hydrogens is 541 g/mol. The molecule has 2 unspecified atom stereocenters. The molecule has 9 nitrogen and oxygen atoms in total. The van der Waals surface area contributed by atoms with Crippen molar-refractivity contribution in [3.8, 4) is 5.82 Å². The topological polar surface area (TPSA) is 117 Å². The zero-order valence-electron chi connectivity index (χ0n) is 20.9. The lowest BCUT2D eigenvalue weighted by Gasteiger charge is -2.23. The van der Waals surface area contributed by atoms with Crippen LogP contribution in [0.5, 0.6) is 0 Å². The summed E-state index contributed by atoms with van der Waals surface area (Å²) in [6.45, 7) is 1.63. The second kappa shape index (κ2) is 8.78. The highest BCUT2D eigenvalue weighted by atomic mass is 19.4. The van der Waals surface area contributed by atoms with E-state index in [0.29, 0.717) is 25.1 Å². The predicted molar refractivity (Wildman–Crippen MR) is 130 cm³/mol. The summed E-state index contributed by atoms with van der Waals surface area (Å²) in [6.07, 6.45) is -2.73. The summed E-state index contributed by atoms with van der Waals surface area (Å²) in [5.74, 6) is -5.30. The van der Waals surface area contributed by atoms with Gasteiger partial charge in [-0.2, -0.15) is 13.2 Å². The van der Waals surface area contributed by atoms with Gasteiger partial charge >= 0.3 is 6.18 Å². The molecule has 1 aliphatic heterocycles. The standard InChI is InChI=1S/C26H22F5N5O4/c1-11-20(38)25(6-7-25)24(40)36(11)17-5-4-14-18(37)15(23(39)34-19(12-2-3-12)26(29,30)31)10-35(21(14)33-17)22-16(28)8-13(27)9-32-22/h4-5,8-12,19-20,38H,2-3,6-7H2,1H3,(H,34,39)/t11?,19-,20?/m0/s1. The number of alkyl halides is 3. The average Bonchev–Trinajstić information content (AvgIpc) is 3.81. The number of halogens is 5. The molecule has 2 saturated carbocycles. The molecule has 3 aromatic rings. The molecule has 3 atom stereocenters. The maximum absolute atomic E-state index is 14.9. The van der Waals surface area contributed by atoms with Crippen LogP contribution in [-0.4, -0.2) is 55.8 Å². The molecule has 1 saturated heterocycles. The quantitative estimate of drug-likeness (QED) is 0.461. The molecule has 6 rings (SSSR count). The van der Waals surface area contributed by atoms with Gasteiger partial charge in [-0.15, -0.1) is 0 Å². The molecule has 2 aliphatic carbocycles. The van der Waals surface area contributed by atoms with Gasteiger partial charge in [0.2, 0.25) is 11.3 Å². The van der Waals surface area contributed by atoms with Gasteiger partial charge in [-0.3, -0.25) is 23.9 Å². The Kier molecular flexibility index (Phi) is 5.77. The van der Waals surface area contributed by atoms with Crippen LogP contribution in [0.3, 0.4) is 0 Å². The van der Waals surface area contributed by atoms with E-state index in [9.17, 15) is 41.4 Å². The van der Waals surface area contributed by atoms with Gasteiger partial charge in [-0.25, -0.2) is 18.7 Å². The minimum atomic E-state index is -4.75. The summed E-state index contributed by atoms with van der Waals surface area (Å²) < 4.78 is 70.1. The number of amides is 2. The van der Waals surface area contributed by atoms with Crippen molar-refractivity contribution in [2.75, 3.05) is 4.90 Å². The Morgan fingerprint density at radius 1 is 1.20 bits per heavy atom. The minimum Gasteiger partial charge on any atom is -0.390 e. The number of carbonyl (C=O) groups excluding carboxylic acids is 2. The monoisotopic (exact) mass is 563 g/mol. The van der Waals surface area contributed by atoms with E-state index in [1.165, 1.54) is 17.0 Å². The van der Waals surface area contributed by atoms with Gasteiger partial charge in [0.1, 0.15) is 23.2 Å². The van der Waals surface area contributed by atoms with Crippen LogP contribution in [0, 0.1) is 23.0 Å². The van der Waals surface area contributed by atoms with E-state index in [4.69, 9.17) is 0 Å². The zero-order chi connectivity index (χ0) is 28.7.